The number of carbonyl (C=O) groups excluding carboxylic acids is 1. The van der Waals surface area contributed by atoms with Gasteiger partial charge in [0.2, 0.25) is 0 Å². The first-order chi connectivity index (χ1) is 13.0. The molecule has 1 amide bonds. The molecule has 27 heavy (non-hydrogen) atoms. The summed E-state index contributed by atoms with van der Waals surface area (Å²) in [5.41, 5.74) is 2.38. The molecule has 2 aromatic carbocycles. The first-order valence-corrected chi connectivity index (χ1v) is 9.39. The van der Waals surface area contributed by atoms with E-state index in [0.717, 1.165) is 5.56 Å². The van der Waals surface area contributed by atoms with Crippen LogP contribution in [0, 0.1) is 5.92 Å². The molecule has 1 atom stereocenters. The lowest BCUT2D eigenvalue weighted by atomic mass is 9.96. The van der Waals surface area contributed by atoms with Crippen molar-refractivity contribution in [3.8, 4) is 11.5 Å². The average Bonchev–Trinajstić information content (AvgIpc) is 2.67. The lowest BCUT2D eigenvalue weighted by Gasteiger charge is -2.23. The molecule has 2 N–H and O–H groups in total. The Kier molecular flexibility index (Phi) is 8.14. The standard InChI is InChI=1S/C22H30N2O3/c1-5-23-21(25)15-27-19-12-11-17(13-20(19)26-4)14-24-22(16(2)3)18-9-7-6-8-10-18/h6-13,16,22,24H,5,14-15H2,1-4H3,(H,23,25). The molecule has 0 aliphatic heterocycles. The Labute approximate surface area is 162 Å². The fourth-order valence-corrected chi connectivity index (χ4v) is 2.96. The number of amides is 1. The van der Waals surface area contributed by atoms with E-state index in [9.17, 15) is 4.79 Å². The predicted molar refractivity (Wildman–Crippen MR) is 108 cm³/mol. The molecule has 1 unspecified atom stereocenters. The van der Waals surface area contributed by atoms with Gasteiger partial charge in [-0.25, -0.2) is 0 Å². The minimum Gasteiger partial charge on any atom is -0.493 e. The summed E-state index contributed by atoms with van der Waals surface area (Å²) in [5.74, 6) is 1.51. The number of benzene rings is 2. The zero-order valence-corrected chi connectivity index (χ0v) is 16.6. The molecule has 0 spiro atoms. The number of likely N-dealkylation sites (N-methyl/N-ethyl adjacent to an activating group) is 1. The summed E-state index contributed by atoms with van der Waals surface area (Å²) in [7, 11) is 1.60. The van der Waals surface area contributed by atoms with Gasteiger partial charge in [0.1, 0.15) is 0 Å². The van der Waals surface area contributed by atoms with Gasteiger partial charge in [0.15, 0.2) is 18.1 Å². The van der Waals surface area contributed by atoms with Crippen LogP contribution in [-0.2, 0) is 11.3 Å². The van der Waals surface area contributed by atoms with Gasteiger partial charge in [-0.2, -0.15) is 0 Å². The molecular formula is C22H30N2O3. The van der Waals surface area contributed by atoms with Crippen LogP contribution in [0.1, 0.15) is 37.9 Å². The Bertz CT molecular complexity index is 717. The van der Waals surface area contributed by atoms with Gasteiger partial charge < -0.3 is 20.1 Å². The fraction of sp³-hybridized carbons (Fsp3) is 0.409. The molecule has 0 aromatic heterocycles. The van der Waals surface area contributed by atoms with Crippen molar-refractivity contribution in [3.63, 3.8) is 0 Å². The van der Waals surface area contributed by atoms with Crippen LogP contribution in [0.5, 0.6) is 11.5 Å². The van der Waals surface area contributed by atoms with Crippen LogP contribution in [0.2, 0.25) is 0 Å². The van der Waals surface area contributed by atoms with Crippen LogP contribution < -0.4 is 20.1 Å². The predicted octanol–water partition coefficient (Wildman–Crippen LogP) is 3.70. The number of hydrogen-bond donors (Lipinski definition) is 2. The largest absolute Gasteiger partial charge is 0.493 e. The summed E-state index contributed by atoms with van der Waals surface area (Å²) >= 11 is 0. The molecule has 146 valence electrons. The molecule has 0 radical (unpaired) electrons. The second-order valence-corrected chi connectivity index (χ2v) is 6.74. The lowest BCUT2D eigenvalue weighted by molar-refractivity contribution is -0.123. The summed E-state index contributed by atoms with van der Waals surface area (Å²) in [4.78, 5) is 11.6. The van der Waals surface area contributed by atoms with Crippen molar-refractivity contribution in [1.29, 1.82) is 0 Å². The van der Waals surface area contributed by atoms with Crippen molar-refractivity contribution in [2.45, 2.75) is 33.4 Å². The van der Waals surface area contributed by atoms with Gasteiger partial charge >= 0.3 is 0 Å². The molecule has 2 rings (SSSR count). The van der Waals surface area contributed by atoms with Crippen LogP contribution in [0.3, 0.4) is 0 Å². The number of hydrogen-bond acceptors (Lipinski definition) is 4. The summed E-state index contributed by atoms with van der Waals surface area (Å²) < 4.78 is 11.0. The van der Waals surface area contributed by atoms with Gasteiger partial charge in [-0.1, -0.05) is 50.2 Å². The smallest absolute Gasteiger partial charge is 0.257 e. The zero-order valence-electron chi connectivity index (χ0n) is 16.6. The van der Waals surface area contributed by atoms with Crippen molar-refractivity contribution in [2.24, 2.45) is 5.92 Å². The fourth-order valence-electron chi connectivity index (χ4n) is 2.96. The number of rotatable bonds is 10. The van der Waals surface area contributed by atoms with Crippen molar-refractivity contribution >= 4 is 5.91 Å². The first-order valence-electron chi connectivity index (χ1n) is 9.39. The molecule has 0 heterocycles. The molecule has 0 aliphatic carbocycles. The van der Waals surface area contributed by atoms with E-state index in [2.05, 4.69) is 48.7 Å². The number of nitrogens with one attached hydrogen (secondary N) is 2. The summed E-state index contributed by atoms with van der Waals surface area (Å²) in [6, 6.07) is 16.5. The van der Waals surface area contributed by atoms with E-state index in [4.69, 9.17) is 9.47 Å². The molecule has 2 aromatic rings. The SMILES string of the molecule is CCNC(=O)COc1ccc(CNC(c2ccccc2)C(C)C)cc1OC. The van der Waals surface area contributed by atoms with Crippen LogP contribution in [0.4, 0.5) is 0 Å². The third kappa shape index (κ3) is 6.29. The third-order valence-corrected chi connectivity index (χ3v) is 4.31. The van der Waals surface area contributed by atoms with Gasteiger partial charge in [-0.3, -0.25) is 4.79 Å². The van der Waals surface area contributed by atoms with Gasteiger partial charge in [0.25, 0.3) is 5.91 Å². The maximum absolute atomic E-state index is 11.6. The Hall–Kier alpha value is -2.53. The Morgan fingerprint density at radius 3 is 2.44 bits per heavy atom. The van der Waals surface area contributed by atoms with E-state index in [0.29, 0.717) is 30.5 Å². The molecule has 0 saturated carbocycles. The second-order valence-electron chi connectivity index (χ2n) is 6.74. The third-order valence-electron chi connectivity index (χ3n) is 4.31. The van der Waals surface area contributed by atoms with Gasteiger partial charge in [-0.15, -0.1) is 0 Å². The molecule has 0 fully saturated rings. The minimum absolute atomic E-state index is 0.0226. The number of carbonyl (C=O) groups is 1. The maximum atomic E-state index is 11.6. The van der Waals surface area contributed by atoms with Crippen LogP contribution in [0.25, 0.3) is 0 Å². The number of ether oxygens (including phenoxy) is 2. The first kappa shape index (κ1) is 20.8. The average molecular weight is 370 g/mol. The van der Waals surface area contributed by atoms with E-state index in [1.54, 1.807) is 7.11 Å². The summed E-state index contributed by atoms with van der Waals surface area (Å²) in [5, 5.41) is 6.34. The van der Waals surface area contributed by atoms with Gasteiger partial charge in [0, 0.05) is 19.1 Å². The summed E-state index contributed by atoms with van der Waals surface area (Å²) in [6.07, 6.45) is 0. The van der Waals surface area contributed by atoms with Crippen molar-refractivity contribution < 1.29 is 14.3 Å². The van der Waals surface area contributed by atoms with Crippen LogP contribution >= 0.6 is 0 Å². The normalized spacial score (nSPS) is 11.9. The van der Waals surface area contributed by atoms with Crippen LogP contribution in [-0.4, -0.2) is 26.2 Å². The zero-order chi connectivity index (χ0) is 19.6. The molecule has 5 nitrogen and oxygen atoms in total. The molecule has 0 bridgehead atoms. The van der Waals surface area contributed by atoms with E-state index >= 15 is 0 Å². The Morgan fingerprint density at radius 1 is 1.07 bits per heavy atom. The molecule has 0 aliphatic rings. The second kappa shape index (κ2) is 10.6. The Balaban J connectivity index is 2.03. The highest BCUT2D eigenvalue weighted by molar-refractivity contribution is 5.77. The highest BCUT2D eigenvalue weighted by Crippen LogP contribution is 2.29. The molecule has 5 heteroatoms. The highest BCUT2D eigenvalue weighted by Gasteiger charge is 2.15. The summed E-state index contributed by atoms with van der Waals surface area (Å²) in [6.45, 7) is 7.57. The van der Waals surface area contributed by atoms with Crippen molar-refractivity contribution in [3.05, 3.63) is 59.7 Å². The topological polar surface area (TPSA) is 59.6 Å². The molecular weight excluding hydrogens is 340 g/mol. The van der Waals surface area contributed by atoms with Gasteiger partial charge in [-0.05, 0) is 36.1 Å². The maximum Gasteiger partial charge on any atom is 0.257 e. The van der Waals surface area contributed by atoms with E-state index in [1.165, 1.54) is 5.56 Å². The van der Waals surface area contributed by atoms with Crippen molar-refractivity contribution in [1.82, 2.24) is 10.6 Å². The van der Waals surface area contributed by atoms with Crippen molar-refractivity contribution in [2.75, 3.05) is 20.3 Å². The Morgan fingerprint density at radius 2 is 1.81 bits per heavy atom. The molecule has 0 saturated heterocycles. The van der Waals surface area contributed by atoms with E-state index in [1.807, 2.05) is 31.2 Å². The highest BCUT2D eigenvalue weighted by atomic mass is 16.5. The van der Waals surface area contributed by atoms with E-state index < -0.39 is 0 Å². The monoisotopic (exact) mass is 370 g/mol. The van der Waals surface area contributed by atoms with Gasteiger partial charge in [0.05, 0.1) is 7.11 Å². The minimum atomic E-state index is -0.145. The number of methoxy groups -OCH3 is 1. The lowest BCUT2D eigenvalue weighted by Crippen LogP contribution is -2.28. The van der Waals surface area contributed by atoms with Crippen LogP contribution in [0.15, 0.2) is 48.5 Å². The quantitative estimate of drug-likeness (QED) is 0.670. The van der Waals surface area contributed by atoms with E-state index in [-0.39, 0.29) is 18.6 Å².